The number of methoxy groups -OCH3 is 1. The van der Waals surface area contributed by atoms with Gasteiger partial charge in [-0.1, -0.05) is 34.1 Å². The molecule has 0 atom stereocenters. The van der Waals surface area contributed by atoms with E-state index in [1.54, 1.807) is 25.3 Å². The van der Waals surface area contributed by atoms with Crippen LogP contribution >= 0.6 is 15.9 Å². The molecular formula is C18H18BrN3O3. The SMILES string of the molecule is COc1ccccc1/C=N\NC(=O)CCC(=O)Nc1cccc(Br)c1. The van der Waals surface area contributed by atoms with E-state index in [0.29, 0.717) is 11.4 Å². The van der Waals surface area contributed by atoms with Crippen molar-refractivity contribution in [2.75, 3.05) is 12.4 Å². The molecule has 7 heteroatoms. The number of para-hydroxylation sites is 1. The number of carbonyl (C=O) groups excluding carboxylic acids is 2. The Kier molecular flexibility index (Phi) is 7.16. The minimum Gasteiger partial charge on any atom is -0.496 e. The van der Waals surface area contributed by atoms with Gasteiger partial charge in [0.15, 0.2) is 0 Å². The Morgan fingerprint density at radius 3 is 2.64 bits per heavy atom. The molecule has 0 bridgehead atoms. The molecule has 0 aliphatic rings. The minimum atomic E-state index is -0.337. The fourth-order valence-electron chi connectivity index (χ4n) is 2.02. The maximum atomic E-state index is 11.8. The Morgan fingerprint density at radius 2 is 1.88 bits per heavy atom. The third-order valence-corrected chi connectivity index (χ3v) is 3.71. The van der Waals surface area contributed by atoms with Crippen LogP contribution in [0, 0.1) is 0 Å². The number of nitrogens with one attached hydrogen (secondary N) is 2. The predicted molar refractivity (Wildman–Crippen MR) is 101 cm³/mol. The normalized spacial score (nSPS) is 10.5. The first-order valence-electron chi connectivity index (χ1n) is 7.59. The van der Waals surface area contributed by atoms with Gasteiger partial charge in [0.25, 0.3) is 0 Å². The van der Waals surface area contributed by atoms with Crippen LogP contribution in [0.25, 0.3) is 0 Å². The minimum absolute atomic E-state index is 0.0447. The Morgan fingerprint density at radius 1 is 1.12 bits per heavy atom. The van der Waals surface area contributed by atoms with E-state index >= 15 is 0 Å². The van der Waals surface area contributed by atoms with Gasteiger partial charge in [0.05, 0.1) is 13.3 Å². The molecule has 6 nitrogen and oxygen atoms in total. The average Bonchev–Trinajstić information content (AvgIpc) is 2.60. The second-order valence-corrected chi connectivity index (χ2v) is 6.01. The Hall–Kier alpha value is -2.67. The van der Waals surface area contributed by atoms with Gasteiger partial charge in [-0.05, 0) is 30.3 Å². The second-order valence-electron chi connectivity index (χ2n) is 5.09. The van der Waals surface area contributed by atoms with Crippen molar-refractivity contribution in [1.29, 1.82) is 0 Å². The number of carbonyl (C=O) groups is 2. The van der Waals surface area contributed by atoms with Gasteiger partial charge >= 0.3 is 0 Å². The standard InChI is InChI=1S/C18H18BrN3O3/c1-25-16-8-3-2-5-13(16)12-20-22-18(24)10-9-17(23)21-15-7-4-6-14(19)11-15/h2-8,11-12H,9-10H2,1H3,(H,21,23)(H,22,24)/b20-12-. The number of amides is 2. The van der Waals surface area contributed by atoms with Crippen molar-refractivity contribution in [3.8, 4) is 5.75 Å². The van der Waals surface area contributed by atoms with E-state index in [1.165, 1.54) is 6.21 Å². The lowest BCUT2D eigenvalue weighted by Crippen LogP contribution is -2.20. The largest absolute Gasteiger partial charge is 0.496 e. The highest BCUT2D eigenvalue weighted by molar-refractivity contribution is 9.10. The van der Waals surface area contributed by atoms with Gasteiger partial charge in [-0.2, -0.15) is 5.10 Å². The van der Waals surface area contributed by atoms with Crippen LogP contribution in [0.1, 0.15) is 18.4 Å². The first-order valence-corrected chi connectivity index (χ1v) is 8.38. The van der Waals surface area contributed by atoms with Crippen LogP contribution in [0.3, 0.4) is 0 Å². The predicted octanol–water partition coefficient (Wildman–Crippen LogP) is 3.33. The van der Waals surface area contributed by atoms with E-state index < -0.39 is 0 Å². The zero-order valence-electron chi connectivity index (χ0n) is 13.7. The average molecular weight is 404 g/mol. The summed E-state index contributed by atoms with van der Waals surface area (Å²) in [5.41, 5.74) is 3.82. The molecule has 0 unspecified atom stereocenters. The van der Waals surface area contributed by atoms with Crippen LogP contribution in [-0.4, -0.2) is 25.1 Å². The monoisotopic (exact) mass is 403 g/mol. The van der Waals surface area contributed by atoms with Gasteiger partial charge in [0.2, 0.25) is 11.8 Å². The van der Waals surface area contributed by atoms with Crippen molar-refractivity contribution in [3.05, 3.63) is 58.6 Å². The van der Waals surface area contributed by atoms with Gasteiger partial charge in [-0.3, -0.25) is 9.59 Å². The molecule has 0 radical (unpaired) electrons. The highest BCUT2D eigenvalue weighted by atomic mass is 79.9. The molecule has 2 N–H and O–H groups in total. The second kappa shape index (κ2) is 9.58. The van der Waals surface area contributed by atoms with E-state index in [4.69, 9.17) is 4.74 Å². The summed E-state index contributed by atoms with van der Waals surface area (Å²) >= 11 is 3.33. The van der Waals surface area contributed by atoms with E-state index in [2.05, 4.69) is 31.8 Å². The summed E-state index contributed by atoms with van der Waals surface area (Å²) < 4.78 is 6.06. The first kappa shape index (κ1) is 18.7. The number of ether oxygens (including phenoxy) is 1. The Bertz CT molecular complexity index is 778. The molecular weight excluding hydrogens is 386 g/mol. The van der Waals surface area contributed by atoms with Gasteiger partial charge in [0, 0.05) is 28.6 Å². The summed E-state index contributed by atoms with van der Waals surface area (Å²) in [5.74, 6) is 0.0893. The molecule has 0 heterocycles. The molecule has 2 rings (SSSR count). The van der Waals surface area contributed by atoms with Crippen LogP contribution in [-0.2, 0) is 9.59 Å². The van der Waals surface area contributed by atoms with Crippen LogP contribution in [0.15, 0.2) is 58.1 Å². The lowest BCUT2D eigenvalue weighted by molar-refractivity contribution is -0.124. The molecule has 0 aliphatic carbocycles. The topological polar surface area (TPSA) is 79.8 Å². The van der Waals surface area contributed by atoms with E-state index in [-0.39, 0.29) is 24.7 Å². The number of nitrogens with zero attached hydrogens (tertiary/aromatic N) is 1. The number of halogens is 1. The Labute approximate surface area is 154 Å². The summed E-state index contributed by atoms with van der Waals surface area (Å²) in [6, 6.07) is 14.6. The maximum absolute atomic E-state index is 11.8. The van der Waals surface area contributed by atoms with Gasteiger partial charge in [-0.15, -0.1) is 0 Å². The maximum Gasteiger partial charge on any atom is 0.240 e. The zero-order chi connectivity index (χ0) is 18.1. The van der Waals surface area contributed by atoms with Crippen molar-refractivity contribution in [2.24, 2.45) is 5.10 Å². The summed E-state index contributed by atoms with van der Waals surface area (Å²) in [4.78, 5) is 23.6. The fraction of sp³-hybridized carbons (Fsp3) is 0.167. The van der Waals surface area contributed by atoms with Gasteiger partial charge in [0.1, 0.15) is 5.75 Å². The van der Waals surface area contributed by atoms with E-state index in [1.807, 2.05) is 30.3 Å². The number of anilines is 1. The summed E-state index contributed by atoms with van der Waals surface area (Å²) in [6.07, 6.45) is 1.62. The molecule has 0 saturated heterocycles. The number of hydrogen-bond acceptors (Lipinski definition) is 4. The summed E-state index contributed by atoms with van der Waals surface area (Å²) in [6.45, 7) is 0. The van der Waals surface area contributed by atoms with Crippen molar-refractivity contribution < 1.29 is 14.3 Å². The number of rotatable bonds is 7. The molecule has 0 saturated carbocycles. The van der Waals surface area contributed by atoms with Crippen molar-refractivity contribution in [3.63, 3.8) is 0 Å². The summed E-state index contributed by atoms with van der Waals surface area (Å²) in [7, 11) is 1.56. The third-order valence-electron chi connectivity index (χ3n) is 3.22. The lowest BCUT2D eigenvalue weighted by atomic mass is 10.2. The van der Waals surface area contributed by atoms with Crippen LogP contribution < -0.4 is 15.5 Å². The quantitative estimate of drug-likeness (QED) is 0.549. The lowest BCUT2D eigenvalue weighted by Gasteiger charge is -2.05. The number of hydrazone groups is 1. The van der Waals surface area contributed by atoms with Gasteiger partial charge in [-0.25, -0.2) is 5.43 Å². The van der Waals surface area contributed by atoms with E-state index in [9.17, 15) is 9.59 Å². The Balaban J connectivity index is 1.76. The number of benzene rings is 2. The molecule has 25 heavy (non-hydrogen) atoms. The van der Waals surface area contributed by atoms with Gasteiger partial charge < -0.3 is 10.1 Å². The summed E-state index contributed by atoms with van der Waals surface area (Å²) in [5, 5.41) is 6.61. The van der Waals surface area contributed by atoms with Crippen LogP contribution in [0.5, 0.6) is 5.75 Å². The van der Waals surface area contributed by atoms with Crippen molar-refractivity contribution in [1.82, 2.24) is 5.43 Å². The third kappa shape index (κ3) is 6.39. The highest BCUT2D eigenvalue weighted by Crippen LogP contribution is 2.16. The zero-order valence-corrected chi connectivity index (χ0v) is 15.2. The molecule has 2 amide bonds. The van der Waals surface area contributed by atoms with Crippen LogP contribution in [0.2, 0.25) is 0 Å². The smallest absolute Gasteiger partial charge is 0.240 e. The van der Waals surface area contributed by atoms with Crippen LogP contribution in [0.4, 0.5) is 5.69 Å². The molecule has 2 aromatic carbocycles. The highest BCUT2D eigenvalue weighted by Gasteiger charge is 2.07. The number of hydrogen-bond donors (Lipinski definition) is 2. The molecule has 0 fully saturated rings. The first-order chi connectivity index (χ1) is 12.1. The molecule has 0 aromatic heterocycles. The molecule has 0 aliphatic heterocycles. The molecule has 0 spiro atoms. The van der Waals surface area contributed by atoms with E-state index in [0.717, 1.165) is 10.0 Å². The fourth-order valence-corrected chi connectivity index (χ4v) is 2.42. The van der Waals surface area contributed by atoms with Crippen molar-refractivity contribution >= 4 is 39.6 Å². The molecule has 2 aromatic rings. The molecule has 130 valence electrons. The van der Waals surface area contributed by atoms with Crippen molar-refractivity contribution in [2.45, 2.75) is 12.8 Å².